The zero-order valence-electron chi connectivity index (χ0n) is 29.7. The van der Waals surface area contributed by atoms with Gasteiger partial charge in [-0.3, -0.25) is 0 Å². The van der Waals surface area contributed by atoms with Crippen LogP contribution in [0.25, 0.3) is 0 Å². The maximum absolute atomic E-state index is 2.50. The lowest BCUT2D eigenvalue weighted by Crippen LogP contribution is -1.85. The summed E-state index contributed by atoms with van der Waals surface area (Å²) in [4.78, 5) is 0. The summed E-state index contributed by atoms with van der Waals surface area (Å²) >= 11 is 2.50. The van der Waals surface area contributed by atoms with Crippen molar-refractivity contribution in [2.45, 2.75) is 257 Å². The van der Waals surface area contributed by atoms with E-state index in [1.165, 1.54) is 255 Å². The minimum Gasteiger partial charge on any atom is -0.0864 e. The number of hydrogen-bond donors (Lipinski definition) is 0. The number of hydrogen-bond acceptors (Lipinski definition) is 0. The van der Waals surface area contributed by atoms with Crippen LogP contribution >= 0.6 is 22.6 Å². The highest BCUT2D eigenvalue weighted by Crippen LogP contribution is 2.17. The first kappa shape index (κ1) is 42.7. The van der Waals surface area contributed by atoms with E-state index in [-0.39, 0.29) is 0 Å². The van der Waals surface area contributed by atoms with E-state index < -0.39 is 0 Å². The maximum Gasteiger partial charge on any atom is -0.000473 e. The summed E-state index contributed by atoms with van der Waals surface area (Å²) in [6.45, 7) is 2.31. The van der Waals surface area contributed by atoms with Gasteiger partial charge in [0.05, 0.1) is 0 Å². The molecule has 0 radical (unpaired) electrons. The number of alkyl halides is 1. The zero-order chi connectivity index (χ0) is 30.3. The molecule has 0 saturated heterocycles. The van der Waals surface area contributed by atoms with E-state index in [4.69, 9.17) is 0 Å². The molecule has 0 aliphatic rings. The molecule has 0 N–H and O–H groups in total. The topological polar surface area (TPSA) is 0 Å². The average Bonchev–Trinajstić information content (AvgIpc) is 3.00. The number of halogens is 1. The van der Waals surface area contributed by atoms with Gasteiger partial charge in [0, 0.05) is 0 Å². The Morgan fingerprint density at radius 2 is 0.310 bits per heavy atom. The standard InChI is InChI=1S/C41H83I/c1-2-3-4-5-6-7-8-9-10-11-12-13-14-15-16-17-18-19-20-21-22-23-24-25-26-27-28-29-30-31-32-33-34-35-36-37-38-39-40-41-42/h2-41H2,1H3. The van der Waals surface area contributed by atoms with Gasteiger partial charge < -0.3 is 0 Å². The Kier molecular flexibility index (Phi) is 42.5. The molecule has 0 aromatic heterocycles. The second-order valence-corrected chi connectivity index (χ2v) is 15.2. The van der Waals surface area contributed by atoms with E-state index in [2.05, 4.69) is 29.5 Å². The van der Waals surface area contributed by atoms with Gasteiger partial charge in [0.25, 0.3) is 0 Å². The van der Waals surface area contributed by atoms with Crippen LogP contribution in [0.2, 0.25) is 0 Å². The van der Waals surface area contributed by atoms with Gasteiger partial charge in [-0.1, -0.05) is 274 Å². The minimum atomic E-state index is 1.34. The first-order valence-electron chi connectivity index (χ1n) is 20.5. The zero-order valence-corrected chi connectivity index (χ0v) is 31.8. The molecule has 0 spiro atoms. The smallest absolute Gasteiger partial charge is 0.000473 e. The maximum atomic E-state index is 2.50. The monoisotopic (exact) mass is 703 g/mol. The lowest BCUT2D eigenvalue weighted by Gasteiger charge is -2.05. The predicted octanol–water partition coefficient (Wildman–Crippen LogP) is 16.7. The summed E-state index contributed by atoms with van der Waals surface area (Å²) in [5, 5.41) is 0. The Hall–Kier alpha value is 0.730. The Morgan fingerprint density at radius 1 is 0.190 bits per heavy atom. The molecule has 42 heavy (non-hydrogen) atoms. The molecule has 0 saturated carbocycles. The van der Waals surface area contributed by atoms with E-state index in [1.54, 1.807) is 0 Å². The molecule has 0 amide bonds. The van der Waals surface area contributed by atoms with Crippen LogP contribution in [0.3, 0.4) is 0 Å². The van der Waals surface area contributed by atoms with Crippen LogP contribution in [-0.4, -0.2) is 4.43 Å². The van der Waals surface area contributed by atoms with Crippen LogP contribution in [0.15, 0.2) is 0 Å². The highest BCUT2D eigenvalue weighted by Gasteiger charge is 1.98. The van der Waals surface area contributed by atoms with Crippen LogP contribution in [0, 0.1) is 0 Å². The lowest BCUT2D eigenvalue weighted by atomic mass is 10.0. The largest absolute Gasteiger partial charge is 0.0864 e. The summed E-state index contributed by atoms with van der Waals surface area (Å²) < 4.78 is 1.34. The fourth-order valence-corrected chi connectivity index (χ4v) is 7.25. The summed E-state index contributed by atoms with van der Waals surface area (Å²) in [7, 11) is 0. The summed E-state index contributed by atoms with van der Waals surface area (Å²) in [5.74, 6) is 0. The molecular formula is C41H83I. The quantitative estimate of drug-likeness (QED) is 0.0340. The molecule has 0 bridgehead atoms. The Morgan fingerprint density at radius 3 is 0.429 bits per heavy atom. The molecule has 0 aromatic rings. The molecule has 0 aliphatic heterocycles. The van der Waals surface area contributed by atoms with Crippen molar-refractivity contribution in [3.63, 3.8) is 0 Å². The van der Waals surface area contributed by atoms with Crippen LogP contribution in [0.5, 0.6) is 0 Å². The molecule has 0 heterocycles. The van der Waals surface area contributed by atoms with E-state index in [0.717, 1.165) is 0 Å². The van der Waals surface area contributed by atoms with E-state index >= 15 is 0 Å². The van der Waals surface area contributed by atoms with Gasteiger partial charge in [-0.2, -0.15) is 0 Å². The Labute approximate surface area is 283 Å². The third kappa shape index (κ3) is 40.7. The van der Waals surface area contributed by atoms with E-state index in [1.807, 2.05) is 0 Å². The fourth-order valence-electron chi connectivity index (χ4n) is 6.71. The second kappa shape index (κ2) is 41.7. The van der Waals surface area contributed by atoms with Gasteiger partial charge in [0.2, 0.25) is 0 Å². The normalized spacial score (nSPS) is 11.6. The molecule has 0 fully saturated rings. The van der Waals surface area contributed by atoms with Gasteiger partial charge in [0.1, 0.15) is 0 Å². The van der Waals surface area contributed by atoms with Crippen molar-refractivity contribution < 1.29 is 0 Å². The van der Waals surface area contributed by atoms with Gasteiger partial charge in [-0.15, -0.1) is 0 Å². The summed E-state index contributed by atoms with van der Waals surface area (Å²) in [5.41, 5.74) is 0. The van der Waals surface area contributed by atoms with Gasteiger partial charge in [0.15, 0.2) is 0 Å². The third-order valence-corrected chi connectivity index (χ3v) is 10.5. The van der Waals surface area contributed by atoms with Crippen molar-refractivity contribution in [3.05, 3.63) is 0 Å². The van der Waals surface area contributed by atoms with Crippen molar-refractivity contribution in [1.82, 2.24) is 0 Å². The first-order chi connectivity index (χ1) is 20.9. The van der Waals surface area contributed by atoms with Crippen molar-refractivity contribution in [3.8, 4) is 0 Å². The molecule has 0 atom stereocenters. The van der Waals surface area contributed by atoms with Gasteiger partial charge in [-0.05, 0) is 10.8 Å². The highest BCUT2D eigenvalue weighted by atomic mass is 127. The molecule has 0 aromatic carbocycles. The fraction of sp³-hybridized carbons (Fsp3) is 1.00. The molecule has 1 heteroatoms. The van der Waals surface area contributed by atoms with Crippen LogP contribution in [0.4, 0.5) is 0 Å². The van der Waals surface area contributed by atoms with Crippen LogP contribution in [0.1, 0.15) is 257 Å². The number of unbranched alkanes of at least 4 members (excludes halogenated alkanes) is 38. The van der Waals surface area contributed by atoms with E-state index in [0.29, 0.717) is 0 Å². The van der Waals surface area contributed by atoms with Crippen LogP contribution < -0.4 is 0 Å². The predicted molar refractivity (Wildman–Crippen MR) is 205 cm³/mol. The summed E-state index contributed by atoms with van der Waals surface area (Å²) in [6.07, 6.45) is 58.0. The van der Waals surface area contributed by atoms with Crippen LogP contribution in [-0.2, 0) is 0 Å². The average molecular weight is 703 g/mol. The molecular weight excluding hydrogens is 619 g/mol. The number of rotatable bonds is 39. The van der Waals surface area contributed by atoms with Gasteiger partial charge >= 0.3 is 0 Å². The first-order valence-corrected chi connectivity index (χ1v) is 22.0. The third-order valence-electron chi connectivity index (χ3n) is 9.74. The molecule has 0 rings (SSSR count). The van der Waals surface area contributed by atoms with E-state index in [9.17, 15) is 0 Å². The lowest BCUT2D eigenvalue weighted by molar-refractivity contribution is 0.510. The molecule has 0 aliphatic carbocycles. The van der Waals surface area contributed by atoms with Crippen molar-refractivity contribution >= 4 is 22.6 Å². The molecule has 0 nitrogen and oxygen atoms in total. The van der Waals surface area contributed by atoms with Crippen molar-refractivity contribution in [2.75, 3.05) is 4.43 Å². The van der Waals surface area contributed by atoms with Gasteiger partial charge in [-0.25, -0.2) is 0 Å². The van der Waals surface area contributed by atoms with Crippen molar-refractivity contribution in [1.29, 1.82) is 0 Å². The SMILES string of the molecule is CCCCCCCCCCCCCCCCCCCCCCCCCCCCCCCCCCCCCCCCCI. The Balaban J connectivity index is 3.02. The second-order valence-electron chi connectivity index (χ2n) is 14.1. The minimum absolute atomic E-state index is 1.34. The highest BCUT2D eigenvalue weighted by molar-refractivity contribution is 14.1. The van der Waals surface area contributed by atoms with Crippen molar-refractivity contribution in [2.24, 2.45) is 0 Å². The molecule has 0 unspecified atom stereocenters. The Bertz CT molecular complexity index is 393. The summed E-state index contributed by atoms with van der Waals surface area (Å²) in [6, 6.07) is 0. The molecule has 254 valence electrons.